The highest BCUT2D eigenvalue weighted by Gasteiger charge is 2.09. The van der Waals surface area contributed by atoms with Crippen LogP contribution >= 0.6 is 0 Å². The van der Waals surface area contributed by atoms with E-state index in [0.29, 0.717) is 12.0 Å². The van der Waals surface area contributed by atoms with E-state index in [4.69, 9.17) is 0 Å². The van der Waals surface area contributed by atoms with Crippen molar-refractivity contribution in [3.8, 4) is 0 Å². The van der Waals surface area contributed by atoms with Gasteiger partial charge in [0.05, 0.1) is 12.1 Å². The van der Waals surface area contributed by atoms with Gasteiger partial charge < -0.3 is 4.98 Å². The van der Waals surface area contributed by atoms with Gasteiger partial charge in [0.25, 0.3) is 5.91 Å². The molecule has 6 nitrogen and oxygen atoms in total. The number of carbonyl (C=O) groups excluding carboxylic acids is 1. The maximum Gasteiger partial charge on any atom is 0.271 e. The first-order valence-corrected chi connectivity index (χ1v) is 7.13. The summed E-state index contributed by atoms with van der Waals surface area (Å²) in [6.07, 6.45) is 7.08. The molecule has 0 aliphatic carbocycles. The summed E-state index contributed by atoms with van der Waals surface area (Å²) in [5.41, 5.74) is 4.75. The third kappa shape index (κ3) is 3.88. The number of rotatable bonds is 5. The molecular formula is C17H15N5O. The summed E-state index contributed by atoms with van der Waals surface area (Å²) in [4.78, 5) is 23.3. The molecule has 6 heteroatoms. The maximum absolute atomic E-state index is 12.1. The highest BCUT2D eigenvalue weighted by atomic mass is 16.2. The molecule has 2 aromatic heterocycles. The summed E-state index contributed by atoms with van der Waals surface area (Å²) in [5, 5.41) is 4.28. The monoisotopic (exact) mass is 305 g/mol. The number of pyridine rings is 1. The van der Waals surface area contributed by atoms with E-state index in [-0.39, 0.29) is 5.91 Å². The molecule has 3 aromatic rings. The first kappa shape index (κ1) is 14.6. The fourth-order valence-corrected chi connectivity index (χ4v) is 2.08. The molecule has 1 aromatic carbocycles. The molecule has 0 unspecified atom stereocenters. The lowest BCUT2D eigenvalue weighted by Gasteiger charge is -2.06. The van der Waals surface area contributed by atoms with Gasteiger partial charge in [-0.1, -0.05) is 30.3 Å². The fourth-order valence-electron chi connectivity index (χ4n) is 2.08. The number of amides is 1. The van der Waals surface area contributed by atoms with E-state index in [1.165, 1.54) is 0 Å². The largest absolute Gasteiger partial charge is 0.348 e. The van der Waals surface area contributed by atoms with E-state index in [1.54, 1.807) is 36.9 Å². The molecule has 2 heterocycles. The summed E-state index contributed by atoms with van der Waals surface area (Å²) in [6, 6.07) is 13.0. The van der Waals surface area contributed by atoms with Crippen LogP contribution in [0, 0.1) is 0 Å². The van der Waals surface area contributed by atoms with Gasteiger partial charge in [0, 0.05) is 30.4 Å². The number of carbonyl (C=O) groups is 1. The zero-order valence-electron chi connectivity index (χ0n) is 12.3. The minimum Gasteiger partial charge on any atom is -0.348 e. The average molecular weight is 305 g/mol. The van der Waals surface area contributed by atoms with Crippen molar-refractivity contribution < 1.29 is 4.79 Å². The van der Waals surface area contributed by atoms with Gasteiger partial charge in [0.2, 0.25) is 0 Å². The van der Waals surface area contributed by atoms with Gasteiger partial charge in [0.1, 0.15) is 5.82 Å². The Kier molecular flexibility index (Phi) is 4.54. The number of imidazole rings is 1. The van der Waals surface area contributed by atoms with Gasteiger partial charge in [-0.05, 0) is 17.7 Å². The predicted molar refractivity (Wildman–Crippen MR) is 87.0 cm³/mol. The van der Waals surface area contributed by atoms with Crippen molar-refractivity contribution in [2.45, 2.75) is 6.42 Å². The molecule has 0 spiro atoms. The Morgan fingerprint density at radius 3 is 2.52 bits per heavy atom. The second kappa shape index (κ2) is 7.13. The van der Waals surface area contributed by atoms with Crippen LogP contribution in [0.2, 0.25) is 0 Å². The number of hydrogen-bond donors (Lipinski definition) is 2. The third-order valence-corrected chi connectivity index (χ3v) is 3.23. The Morgan fingerprint density at radius 2 is 1.83 bits per heavy atom. The standard InChI is InChI=1S/C17H15N5O/c23-17(14-6-8-18-9-7-14)22-21-15(12-16-19-10-11-20-16)13-4-2-1-3-5-13/h1-11H,12H2,(H,19,20)(H,22,23). The van der Waals surface area contributed by atoms with E-state index in [2.05, 4.69) is 25.5 Å². The van der Waals surface area contributed by atoms with Gasteiger partial charge in [-0.15, -0.1) is 0 Å². The molecule has 1 amide bonds. The van der Waals surface area contributed by atoms with E-state index in [0.717, 1.165) is 17.1 Å². The number of hydrazone groups is 1. The van der Waals surface area contributed by atoms with Gasteiger partial charge in [-0.25, -0.2) is 10.4 Å². The molecule has 114 valence electrons. The fraction of sp³-hybridized carbons (Fsp3) is 0.0588. The number of nitrogens with zero attached hydrogens (tertiary/aromatic N) is 3. The second-order valence-electron chi connectivity index (χ2n) is 4.81. The van der Waals surface area contributed by atoms with Crippen LogP contribution in [0.1, 0.15) is 21.7 Å². The molecule has 2 N–H and O–H groups in total. The van der Waals surface area contributed by atoms with Gasteiger partial charge in [0.15, 0.2) is 0 Å². The smallest absolute Gasteiger partial charge is 0.271 e. The lowest BCUT2D eigenvalue weighted by Crippen LogP contribution is -2.21. The summed E-state index contributed by atoms with van der Waals surface area (Å²) in [6.45, 7) is 0. The first-order valence-electron chi connectivity index (χ1n) is 7.13. The molecule has 3 rings (SSSR count). The quantitative estimate of drug-likeness (QED) is 0.560. The van der Waals surface area contributed by atoms with Gasteiger partial charge in [-0.3, -0.25) is 9.78 Å². The molecule has 0 radical (unpaired) electrons. The molecule has 0 aliphatic heterocycles. The van der Waals surface area contributed by atoms with Crippen LogP contribution in [-0.4, -0.2) is 26.6 Å². The number of nitrogens with one attached hydrogen (secondary N) is 2. The maximum atomic E-state index is 12.1. The molecule has 23 heavy (non-hydrogen) atoms. The second-order valence-corrected chi connectivity index (χ2v) is 4.81. The molecule has 0 atom stereocenters. The van der Waals surface area contributed by atoms with E-state index < -0.39 is 0 Å². The summed E-state index contributed by atoms with van der Waals surface area (Å²) >= 11 is 0. The lowest BCUT2D eigenvalue weighted by molar-refractivity contribution is 0.0954. The Hall–Kier alpha value is -3.28. The lowest BCUT2D eigenvalue weighted by atomic mass is 10.1. The van der Waals surface area contributed by atoms with Crippen molar-refractivity contribution in [2.24, 2.45) is 5.10 Å². The summed E-state index contributed by atoms with van der Waals surface area (Å²) in [5.74, 6) is 0.506. The number of aromatic amines is 1. The number of benzene rings is 1. The zero-order chi connectivity index (χ0) is 15.9. The molecule has 0 aliphatic rings. The number of hydrogen-bond acceptors (Lipinski definition) is 4. The van der Waals surface area contributed by atoms with Gasteiger partial charge >= 0.3 is 0 Å². The van der Waals surface area contributed by atoms with Crippen molar-refractivity contribution in [3.63, 3.8) is 0 Å². The predicted octanol–water partition coefficient (Wildman–Crippen LogP) is 2.18. The van der Waals surface area contributed by atoms with Gasteiger partial charge in [-0.2, -0.15) is 5.10 Å². The average Bonchev–Trinajstić information content (AvgIpc) is 3.13. The van der Waals surface area contributed by atoms with Crippen LogP contribution in [0.15, 0.2) is 72.4 Å². The Balaban J connectivity index is 1.81. The van der Waals surface area contributed by atoms with Crippen LogP contribution in [-0.2, 0) is 6.42 Å². The van der Waals surface area contributed by atoms with Crippen molar-refractivity contribution >= 4 is 11.6 Å². The first-order chi connectivity index (χ1) is 11.3. The topological polar surface area (TPSA) is 83.0 Å². The SMILES string of the molecule is O=C(NN=C(Cc1ncc[nH]1)c1ccccc1)c1ccncc1. The Morgan fingerprint density at radius 1 is 1.04 bits per heavy atom. The van der Waals surface area contributed by atoms with E-state index in [9.17, 15) is 4.79 Å². The van der Waals surface area contributed by atoms with Crippen molar-refractivity contribution in [3.05, 3.63) is 84.2 Å². The van der Waals surface area contributed by atoms with Crippen molar-refractivity contribution in [1.29, 1.82) is 0 Å². The normalized spacial score (nSPS) is 11.2. The van der Waals surface area contributed by atoms with E-state index in [1.807, 2.05) is 30.3 Å². The minimum atomic E-state index is -0.278. The van der Waals surface area contributed by atoms with E-state index >= 15 is 0 Å². The molecular weight excluding hydrogens is 290 g/mol. The van der Waals surface area contributed by atoms with Crippen LogP contribution in [0.5, 0.6) is 0 Å². The van der Waals surface area contributed by atoms with Crippen LogP contribution in [0.25, 0.3) is 0 Å². The highest BCUT2D eigenvalue weighted by Crippen LogP contribution is 2.06. The number of H-pyrrole nitrogens is 1. The molecule has 0 fully saturated rings. The van der Waals surface area contributed by atoms with Crippen LogP contribution in [0.4, 0.5) is 0 Å². The Bertz CT molecular complexity index is 782. The Labute approximate surface area is 133 Å². The minimum absolute atomic E-state index is 0.278. The van der Waals surface area contributed by atoms with Crippen LogP contribution < -0.4 is 5.43 Å². The van der Waals surface area contributed by atoms with Crippen LogP contribution in [0.3, 0.4) is 0 Å². The van der Waals surface area contributed by atoms with Crippen molar-refractivity contribution in [2.75, 3.05) is 0 Å². The van der Waals surface area contributed by atoms with Crippen molar-refractivity contribution in [1.82, 2.24) is 20.4 Å². The third-order valence-electron chi connectivity index (χ3n) is 3.23. The zero-order valence-corrected chi connectivity index (χ0v) is 12.3. The highest BCUT2D eigenvalue weighted by molar-refractivity contribution is 6.03. The molecule has 0 saturated heterocycles. The number of aromatic nitrogens is 3. The molecule has 0 saturated carbocycles. The molecule has 0 bridgehead atoms. The summed E-state index contributed by atoms with van der Waals surface area (Å²) in [7, 11) is 0. The summed E-state index contributed by atoms with van der Waals surface area (Å²) < 4.78 is 0.